The van der Waals surface area contributed by atoms with E-state index >= 15 is 0 Å². The molecule has 35 heavy (non-hydrogen) atoms. The molecule has 182 valence electrons. The third-order valence-electron chi connectivity index (χ3n) is 7.43. The molecule has 0 bridgehead atoms. The molecule has 1 fully saturated rings. The fourth-order valence-electron chi connectivity index (χ4n) is 5.51. The van der Waals surface area contributed by atoms with Gasteiger partial charge >= 0.3 is 5.69 Å². The van der Waals surface area contributed by atoms with Crippen LogP contribution in [0.2, 0.25) is 0 Å². The number of benzene rings is 3. The van der Waals surface area contributed by atoms with Crippen LogP contribution < -0.4 is 5.69 Å². The Hall–Kier alpha value is -3.25. The molecule has 3 aromatic carbocycles. The monoisotopic (exact) mass is 475 g/mol. The maximum Gasteiger partial charge on any atom is 0.329 e. The van der Waals surface area contributed by atoms with Crippen LogP contribution in [-0.4, -0.2) is 33.7 Å². The van der Waals surface area contributed by atoms with E-state index in [0.29, 0.717) is 0 Å². The predicted octanol–water partition coefficient (Wildman–Crippen LogP) is 5.87. The molecular formula is C29H31F2N3O. The molecule has 4 aromatic rings. The number of aromatic nitrogens is 2. The number of fused-ring (bicyclic) bond motifs is 1. The van der Waals surface area contributed by atoms with Gasteiger partial charge in [0.15, 0.2) is 0 Å². The van der Waals surface area contributed by atoms with Gasteiger partial charge < -0.3 is 4.90 Å². The molecule has 0 spiro atoms. The number of imidazole rings is 1. The highest BCUT2D eigenvalue weighted by atomic mass is 19.1. The highest BCUT2D eigenvalue weighted by molar-refractivity contribution is 5.76. The molecule has 1 aromatic heterocycles. The first-order valence-electron chi connectivity index (χ1n) is 12.4. The minimum absolute atomic E-state index is 0.0612. The van der Waals surface area contributed by atoms with Crippen LogP contribution in [0.15, 0.2) is 77.6 Å². The molecule has 0 atom stereocenters. The van der Waals surface area contributed by atoms with Crippen LogP contribution in [-0.2, 0) is 7.05 Å². The van der Waals surface area contributed by atoms with Crippen LogP contribution in [0.25, 0.3) is 11.0 Å². The molecule has 1 aliphatic rings. The minimum Gasteiger partial charge on any atom is -0.303 e. The summed E-state index contributed by atoms with van der Waals surface area (Å²) in [6.45, 7) is 2.88. The molecule has 0 saturated carbocycles. The van der Waals surface area contributed by atoms with Gasteiger partial charge in [-0.3, -0.25) is 9.13 Å². The van der Waals surface area contributed by atoms with E-state index in [1.807, 2.05) is 60.1 Å². The van der Waals surface area contributed by atoms with E-state index in [0.717, 1.165) is 67.5 Å². The van der Waals surface area contributed by atoms with Crippen LogP contribution in [0.5, 0.6) is 0 Å². The average molecular weight is 476 g/mol. The summed E-state index contributed by atoms with van der Waals surface area (Å²) in [6, 6.07) is 21.5. The number of hydrogen-bond acceptors (Lipinski definition) is 2. The standard InChI is InChI=1S/C29H31F2N3O/c1-32-27-6-2-3-7-28(27)34(29(32)35)25-16-19-33(20-17-25)18-4-5-26(21-8-12-23(30)13-9-21)22-10-14-24(31)15-11-22/h2-3,6-15,25-26H,4-5,16-20H2,1H3. The van der Waals surface area contributed by atoms with Crippen molar-refractivity contribution < 1.29 is 8.78 Å². The van der Waals surface area contributed by atoms with Crippen LogP contribution in [0.4, 0.5) is 8.78 Å². The van der Waals surface area contributed by atoms with Gasteiger partial charge in [0.25, 0.3) is 0 Å². The summed E-state index contributed by atoms with van der Waals surface area (Å²) >= 11 is 0. The second kappa shape index (κ2) is 10.2. The lowest BCUT2D eigenvalue weighted by Crippen LogP contribution is -2.38. The first kappa shape index (κ1) is 23.5. The number of hydrogen-bond donors (Lipinski definition) is 0. The molecule has 5 rings (SSSR count). The topological polar surface area (TPSA) is 30.2 Å². The maximum absolute atomic E-state index is 13.5. The zero-order valence-electron chi connectivity index (χ0n) is 20.0. The zero-order valence-corrected chi connectivity index (χ0v) is 20.0. The Balaban J connectivity index is 1.22. The first-order valence-corrected chi connectivity index (χ1v) is 12.4. The number of piperidine rings is 1. The molecule has 4 nitrogen and oxygen atoms in total. The summed E-state index contributed by atoms with van der Waals surface area (Å²) in [6.07, 6.45) is 3.79. The summed E-state index contributed by atoms with van der Waals surface area (Å²) in [4.78, 5) is 15.4. The fourth-order valence-corrected chi connectivity index (χ4v) is 5.51. The number of likely N-dealkylation sites (tertiary alicyclic amines) is 1. The molecule has 6 heteroatoms. The lowest BCUT2D eigenvalue weighted by molar-refractivity contribution is 0.183. The largest absolute Gasteiger partial charge is 0.329 e. The highest BCUT2D eigenvalue weighted by Crippen LogP contribution is 2.31. The van der Waals surface area contributed by atoms with Gasteiger partial charge in [-0.05, 0) is 79.8 Å². The number of aryl methyl sites for hydroxylation is 1. The van der Waals surface area contributed by atoms with Crippen molar-refractivity contribution in [3.05, 3.63) is 106 Å². The quantitative estimate of drug-likeness (QED) is 0.335. The first-order chi connectivity index (χ1) is 17.0. The fraction of sp³-hybridized carbons (Fsp3) is 0.345. The van der Waals surface area contributed by atoms with E-state index in [1.165, 1.54) is 24.3 Å². The van der Waals surface area contributed by atoms with Crippen LogP contribution in [0.1, 0.15) is 48.8 Å². The van der Waals surface area contributed by atoms with Crippen molar-refractivity contribution in [3.8, 4) is 0 Å². The summed E-state index contributed by atoms with van der Waals surface area (Å²) in [5.74, 6) is -0.400. The molecule has 2 heterocycles. The summed E-state index contributed by atoms with van der Waals surface area (Å²) in [7, 11) is 1.84. The second-order valence-electron chi connectivity index (χ2n) is 9.57. The normalized spacial score (nSPS) is 15.3. The van der Waals surface area contributed by atoms with Crippen molar-refractivity contribution in [2.75, 3.05) is 19.6 Å². The Morgan fingerprint density at radius 2 is 1.37 bits per heavy atom. The van der Waals surface area contributed by atoms with Gasteiger partial charge in [-0.2, -0.15) is 0 Å². The molecule has 0 unspecified atom stereocenters. The van der Waals surface area contributed by atoms with Crippen molar-refractivity contribution in [1.82, 2.24) is 14.0 Å². The van der Waals surface area contributed by atoms with Crippen LogP contribution in [0, 0.1) is 11.6 Å². The van der Waals surface area contributed by atoms with Gasteiger partial charge in [0, 0.05) is 32.1 Å². The maximum atomic E-state index is 13.5. The Morgan fingerprint density at radius 3 is 1.94 bits per heavy atom. The number of rotatable bonds is 7. The van der Waals surface area contributed by atoms with Crippen LogP contribution >= 0.6 is 0 Å². The summed E-state index contributed by atoms with van der Waals surface area (Å²) < 4.78 is 30.7. The van der Waals surface area contributed by atoms with E-state index < -0.39 is 0 Å². The number of nitrogens with zero attached hydrogens (tertiary/aromatic N) is 3. The van der Waals surface area contributed by atoms with E-state index in [2.05, 4.69) is 4.90 Å². The van der Waals surface area contributed by atoms with Crippen molar-refractivity contribution in [2.24, 2.45) is 7.05 Å². The van der Waals surface area contributed by atoms with Gasteiger partial charge in [0.1, 0.15) is 11.6 Å². The Kier molecular flexibility index (Phi) is 6.82. The van der Waals surface area contributed by atoms with Gasteiger partial charge in [-0.15, -0.1) is 0 Å². The molecule has 0 aliphatic carbocycles. The molecule has 0 amide bonds. The second-order valence-corrected chi connectivity index (χ2v) is 9.57. The lowest BCUT2D eigenvalue weighted by Gasteiger charge is -2.33. The van der Waals surface area contributed by atoms with Crippen LogP contribution in [0.3, 0.4) is 0 Å². The average Bonchev–Trinajstić information content (AvgIpc) is 3.14. The molecule has 0 N–H and O–H groups in total. The number of halogens is 2. The SMILES string of the molecule is Cn1c(=O)n(C2CCN(CCCC(c3ccc(F)cc3)c3ccc(F)cc3)CC2)c2ccccc21. The Labute approximate surface area is 204 Å². The van der Waals surface area contributed by atoms with Gasteiger partial charge in [0.2, 0.25) is 0 Å². The third-order valence-corrected chi connectivity index (χ3v) is 7.43. The summed E-state index contributed by atoms with van der Waals surface area (Å²) in [5, 5.41) is 0. The van der Waals surface area contributed by atoms with E-state index in [1.54, 1.807) is 4.57 Å². The minimum atomic E-state index is -0.250. The van der Waals surface area contributed by atoms with Gasteiger partial charge in [-0.1, -0.05) is 36.4 Å². The molecule has 0 radical (unpaired) electrons. The lowest BCUT2D eigenvalue weighted by atomic mass is 9.87. The van der Waals surface area contributed by atoms with E-state index in [4.69, 9.17) is 0 Å². The number of para-hydroxylation sites is 2. The van der Waals surface area contributed by atoms with Gasteiger partial charge in [-0.25, -0.2) is 13.6 Å². The smallest absolute Gasteiger partial charge is 0.303 e. The Bertz CT molecular complexity index is 1290. The highest BCUT2D eigenvalue weighted by Gasteiger charge is 2.24. The third kappa shape index (κ3) is 4.94. The van der Waals surface area contributed by atoms with Crippen molar-refractivity contribution >= 4 is 11.0 Å². The summed E-state index contributed by atoms with van der Waals surface area (Å²) in [5.41, 5.74) is 4.15. The zero-order chi connectivity index (χ0) is 24.4. The molecule has 1 aliphatic heterocycles. The van der Waals surface area contributed by atoms with Gasteiger partial charge in [0.05, 0.1) is 11.0 Å². The Morgan fingerprint density at radius 1 is 0.829 bits per heavy atom. The van der Waals surface area contributed by atoms with E-state index in [-0.39, 0.29) is 29.3 Å². The van der Waals surface area contributed by atoms with Crippen molar-refractivity contribution in [1.29, 1.82) is 0 Å². The van der Waals surface area contributed by atoms with Crippen molar-refractivity contribution in [3.63, 3.8) is 0 Å². The predicted molar refractivity (Wildman–Crippen MR) is 136 cm³/mol. The van der Waals surface area contributed by atoms with E-state index in [9.17, 15) is 13.6 Å². The molecular weight excluding hydrogens is 444 g/mol. The van der Waals surface area contributed by atoms with Crippen molar-refractivity contribution in [2.45, 2.75) is 37.6 Å². The molecule has 1 saturated heterocycles.